The Labute approximate surface area is 207 Å². The summed E-state index contributed by atoms with van der Waals surface area (Å²) in [5.74, 6) is -0.891. The maximum Gasteiger partial charge on any atom is 0.434 e. The van der Waals surface area contributed by atoms with Gasteiger partial charge in [0.25, 0.3) is 5.91 Å². The van der Waals surface area contributed by atoms with Crippen LogP contribution in [0.2, 0.25) is 0 Å². The molecule has 3 amide bonds. The Balaban J connectivity index is 1.55. The van der Waals surface area contributed by atoms with Gasteiger partial charge >= 0.3 is 12.3 Å². The summed E-state index contributed by atoms with van der Waals surface area (Å²) in [5, 5.41) is 9.25. The highest BCUT2D eigenvalue weighted by atomic mass is 19.4. The summed E-state index contributed by atoms with van der Waals surface area (Å²) in [6, 6.07) is -0.324. The number of nitrogens with two attached hydrogens (primary N) is 1. The minimum Gasteiger partial charge on any atom is -0.443 e. The number of alkyl halides is 3. The maximum absolute atomic E-state index is 14.0. The summed E-state index contributed by atoms with van der Waals surface area (Å²) in [7, 11) is 0. The first kappa shape index (κ1) is 26.0. The number of primary amides is 1. The lowest BCUT2D eigenvalue weighted by atomic mass is 9.52. The molecule has 198 valence electrons. The highest BCUT2D eigenvalue weighted by Gasteiger charge is 2.57. The van der Waals surface area contributed by atoms with E-state index in [4.69, 9.17) is 10.5 Å². The van der Waals surface area contributed by atoms with E-state index in [1.807, 2.05) is 0 Å². The second kappa shape index (κ2) is 9.11. The van der Waals surface area contributed by atoms with Crippen molar-refractivity contribution in [2.75, 3.05) is 6.54 Å². The predicted octanol–water partition coefficient (Wildman–Crippen LogP) is 3.31. The third-order valence-electron chi connectivity index (χ3n) is 7.70. The van der Waals surface area contributed by atoms with Gasteiger partial charge in [-0.3, -0.25) is 9.59 Å². The quantitative estimate of drug-likeness (QED) is 0.518. The van der Waals surface area contributed by atoms with Crippen LogP contribution in [-0.4, -0.2) is 45.9 Å². The van der Waals surface area contributed by atoms with E-state index in [0.29, 0.717) is 30.0 Å². The Morgan fingerprint density at radius 2 is 1.86 bits per heavy atom. The summed E-state index contributed by atoms with van der Waals surface area (Å²) >= 11 is 0. The van der Waals surface area contributed by atoms with Crippen molar-refractivity contribution < 1.29 is 32.3 Å². The standard InChI is InChI=1S/C24H32F3N5O4/c1-4-29-20(34)22(2,3)5-6-32-18(24(25,26)27)16(12-30-32)19(33)31-17-14-7-13-8-15(17)11-23(9-13,10-14)36-21(28)35/h5-6,12-15,17H,4,7-11H2,1-3H3,(H2,28,35)(H,29,34)(H,31,33)/b6-5+/t13?,14?,15?,17-,23-. The third kappa shape index (κ3) is 4.94. The van der Waals surface area contributed by atoms with Gasteiger partial charge in [-0.2, -0.15) is 18.3 Å². The lowest BCUT2D eigenvalue weighted by Crippen LogP contribution is -2.63. The lowest BCUT2D eigenvalue weighted by molar-refractivity contribution is -0.143. The van der Waals surface area contributed by atoms with Crippen LogP contribution in [0, 0.1) is 23.2 Å². The predicted molar refractivity (Wildman–Crippen MR) is 123 cm³/mol. The number of nitrogens with zero attached hydrogens (tertiary/aromatic N) is 2. The van der Waals surface area contributed by atoms with Crippen LogP contribution in [0.5, 0.6) is 0 Å². The molecule has 4 N–H and O–H groups in total. The van der Waals surface area contributed by atoms with Crippen LogP contribution in [0.15, 0.2) is 12.3 Å². The van der Waals surface area contributed by atoms with Crippen LogP contribution in [0.1, 0.15) is 68.9 Å². The SMILES string of the molecule is CCNC(=O)C(C)(C)/C=C/n1ncc(C(=O)N[C@H]2C3CC4CC2C[C@](OC(N)=O)(C4)C3)c1C(F)(F)F. The number of aromatic nitrogens is 2. The van der Waals surface area contributed by atoms with Gasteiger partial charge in [0.05, 0.1) is 17.2 Å². The number of carbonyl (C=O) groups is 3. The second-order valence-corrected chi connectivity index (χ2v) is 10.8. The Morgan fingerprint density at radius 1 is 1.22 bits per heavy atom. The minimum absolute atomic E-state index is 0.0123. The number of hydrogen-bond acceptors (Lipinski definition) is 5. The minimum atomic E-state index is -4.85. The van der Waals surface area contributed by atoms with E-state index < -0.39 is 40.5 Å². The molecule has 4 fully saturated rings. The average Bonchev–Trinajstić information content (AvgIpc) is 3.18. The van der Waals surface area contributed by atoms with Gasteiger partial charge in [0, 0.05) is 18.8 Å². The number of nitrogens with one attached hydrogen (secondary N) is 2. The maximum atomic E-state index is 14.0. The first-order valence-corrected chi connectivity index (χ1v) is 12.2. The Hall–Kier alpha value is -3.05. The number of carbonyl (C=O) groups excluding carboxylic acids is 3. The van der Waals surface area contributed by atoms with Gasteiger partial charge in [-0.15, -0.1) is 0 Å². The Bertz CT molecular complexity index is 1060. The zero-order valence-corrected chi connectivity index (χ0v) is 20.5. The molecule has 5 rings (SSSR count). The summed E-state index contributed by atoms with van der Waals surface area (Å²) in [6.07, 6.45) is 0.996. The number of ether oxygens (including phenoxy) is 1. The molecule has 0 aliphatic heterocycles. The van der Waals surface area contributed by atoms with E-state index in [1.165, 1.54) is 6.08 Å². The van der Waals surface area contributed by atoms with E-state index >= 15 is 0 Å². The van der Waals surface area contributed by atoms with Gasteiger partial charge in [-0.05, 0) is 70.6 Å². The van der Waals surface area contributed by atoms with Crippen molar-refractivity contribution in [1.29, 1.82) is 0 Å². The molecule has 0 aromatic carbocycles. The van der Waals surface area contributed by atoms with Crippen LogP contribution in [0.4, 0.5) is 18.0 Å². The monoisotopic (exact) mass is 511 g/mol. The number of halogens is 3. The summed E-state index contributed by atoms with van der Waals surface area (Å²) in [5.41, 5.74) is 1.75. The first-order valence-electron chi connectivity index (χ1n) is 12.2. The van der Waals surface area contributed by atoms with E-state index in [-0.39, 0.29) is 23.8 Å². The molecular formula is C24H32F3N5O4. The molecule has 1 aromatic rings. The van der Waals surface area contributed by atoms with Crippen LogP contribution in [0.3, 0.4) is 0 Å². The lowest BCUT2D eigenvalue weighted by Gasteiger charge is -2.58. The summed E-state index contributed by atoms with van der Waals surface area (Å²) < 4.78 is 48.1. The van der Waals surface area contributed by atoms with Crippen LogP contribution >= 0.6 is 0 Å². The Morgan fingerprint density at radius 3 is 2.42 bits per heavy atom. The van der Waals surface area contributed by atoms with Crippen molar-refractivity contribution in [2.24, 2.45) is 28.9 Å². The van der Waals surface area contributed by atoms with Crippen molar-refractivity contribution in [3.05, 3.63) is 23.5 Å². The normalized spacial score (nSPS) is 29.4. The fourth-order valence-corrected chi connectivity index (χ4v) is 6.40. The molecule has 4 saturated carbocycles. The van der Waals surface area contributed by atoms with Crippen molar-refractivity contribution in [3.63, 3.8) is 0 Å². The van der Waals surface area contributed by atoms with Gasteiger partial charge in [0.2, 0.25) is 5.91 Å². The molecule has 9 nitrogen and oxygen atoms in total. The van der Waals surface area contributed by atoms with Gasteiger partial charge in [0.1, 0.15) is 5.60 Å². The highest BCUT2D eigenvalue weighted by molar-refractivity contribution is 5.95. The molecule has 0 radical (unpaired) electrons. The topological polar surface area (TPSA) is 128 Å². The zero-order chi connectivity index (χ0) is 26.5. The molecule has 0 spiro atoms. The molecule has 1 heterocycles. The summed E-state index contributed by atoms with van der Waals surface area (Å²) in [4.78, 5) is 36.7. The van der Waals surface area contributed by atoms with E-state index in [1.54, 1.807) is 20.8 Å². The van der Waals surface area contributed by atoms with Gasteiger partial charge < -0.3 is 21.1 Å². The molecule has 4 aliphatic carbocycles. The van der Waals surface area contributed by atoms with Crippen molar-refractivity contribution >= 4 is 24.1 Å². The number of hydrogen-bond donors (Lipinski definition) is 3. The number of rotatable bonds is 7. The van der Waals surface area contributed by atoms with Crippen LogP contribution in [0.25, 0.3) is 6.20 Å². The average molecular weight is 512 g/mol. The molecule has 36 heavy (non-hydrogen) atoms. The Kier molecular flexibility index (Phi) is 6.59. The molecule has 4 bridgehead atoms. The number of amides is 3. The molecule has 0 saturated heterocycles. The smallest absolute Gasteiger partial charge is 0.434 e. The van der Waals surface area contributed by atoms with E-state index in [9.17, 15) is 27.6 Å². The van der Waals surface area contributed by atoms with Gasteiger partial charge in [-0.1, -0.05) is 6.08 Å². The van der Waals surface area contributed by atoms with Crippen molar-refractivity contribution in [1.82, 2.24) is 20.4 Å². The fraction of sp³-hybridized carbons (Fsp3) is 0.667. The van der Waals surface area contributed by atoms with Gasteiger partial charge in [0.15, 0.2) is 5.69 Å². The highest BCUT2D eigenvalue weighted by Crippen LogP contribution is 2.57. The van der Waals surface area contributed by atoms with Crippen molar-refractivity contribution in [3.8, 4) is 0 Å². The fourth-order valence-electron chi connectivity index (χ4n) is 6.40. The van der Waals surface area contributed by atoms with Crippen molar-refractivity contribution in [2.45, 2.75) is 70.7 Å². The summed E-state index contributed by atoms with van der Waals surface area (Å²) in [6.45, 7) is 5.27. The zero-order valence-electron chi connectivity index (χ0n) is 20.5. The largest absolute Gasteiger partial charge is 0.443 e. The van der Waals surface area contributed by atoms with Crippen LogP contribution in [-0.2, 0) is 15.7 Å². The van der Waals surface area contributed by atoms with E-state index in [2.05, 4.69) is 15.7 Å². The second-order valence-electron chi connectivity index (χ2n) is 10.8. The molecular weight excluding hydrogens is 479 g/mol. The molecule has 1 aromatic heterocycles. The first-order chi connectivity index (χ1) is 16.7. The molecule has 2 unspecified atom stereocenters. The molecule has 4 aliphatic rings. The molecule has 12 heteroatoms. The van der Waals surface area contributed by atoms with E-state index in [0.717, 1.165) is 31.7 Å². The molecule has 2 atom stereocenters. The van der Waals surface area contributed by atoms with Gasteiger partial charge in [-0.25, -0.2) is 9.48 Å². The van der Waals surface area contributed by atoms with Crippen LogP contribution < -0.4 is 16.4 Å². The third-order valence-corrected chi connectivity index (χ3v) is 7.70.